The lowest BCUT2D eigenvalue weighted by atomic mass is 10.1. The van der Waals surface area contributed by atoms with Crippen LogP contribution in [0.25, 0.3) is 0 Å². The molecule has 0 aliphatic carbocycles. The van der Waals surface area contributed by atoms with E-state index in [9.17, 15) is 4.79 Å². The summed E-state index contributed by atoms with van der Waals surface area (Å²) in [7, 11) is 1.69. The zero-order valence-electron chi connectivity index (χ0n) is 10.9. The molecule has 1 rings (SSSR count). The van der Waals surface area contributed by atoms with Crippen LogP contribution in [0.3, 0.4) is 0 Å². The fourth-order valence-corrected chi connectivity index (χ4v) is 2.01. The van der Waals surface area contributed by atoms with E-state index in [0.717, 1.165) is 32.2 Å². The average Bonchev–Trinajstić information content (AvgIpc) is 2.36. The standard InChI is InChI=1S/C13H24N2O2/c1-3-4-5-12(14)13(16)15-8-6-11(7-9-15)10-17-2/h6,12H,3-5,7-10,14H2,1-2H3. The highest BCUT2D eigenvalue weighted by molar-refractivity contribution is 5.81. The summed E-state index contributed by atoms with van der Waals surface area (Å²) < 4.78 is 5.08. The molecule has 1 atom stereocenters. The van der Waals surface area contributed by atoms with Gasteiger partial charge in [-0.1, -0.05) is 25.8 Å². The average molecular weight is 240 g/mol. The quantitative estimate of drug-likeness (QED) is 0.712. The number of rotatable bonds is 6. The molecule has 0 spiro atoms. The molecule has 4 heteroatoms. The second-order valence-electron chi connectivity index (χ2n) is 4.58. The van der Waals surface area contributed by atoms with Crippen LogP contribution in [0.5, 0.6) is 0 Å². The normalized spacial score (nSPS) is 17.8. The van der Waals surface area contributed by atoms with E-state index in [1.165, 1.54) is 5.57 Å². The van der Waals surface area contributed by atoms with Gasteiger partial charge in [-0.05, 0) is 18.4 Å². The lowest BCUT2D eigenvalue weighted by Gasteiger charge is -2.28. The van der Waals surface area contributed by atoms with Crippen LogP contribution in [0, 0.1) is 0 Å². The molecule has 1 unspecified atom stereocenters. The number of carbonyl (C=O) groups is 1. The number of unbranched alkanes of at least 4 members (excludes halogenated alkanes) is 1. The Bertz CT molecular complexity index is 277. The zero-order chi connectivity index (χ0) is 12.7. The van der Waals surface area contributed by atoms with Crippen molar-refractivity contribution in [1.82, 2.24) is 4.90 Å². The Morgan fingerprint density at radius 1 is 1.65 bits per heavy atom. The Morgan fingerprint density at radius 2 is 2.41 bits per heavy atom. The van der Waals surface area contributed by atoms with E-state index in [0.29, 0.717) is 13.2 Å². The van der Waals surface area contributed by atoms with E-state index in [-0.39, 0.29) is 11.9 Å². The maximum Gasteiger partial charge on any atom is 0.239 e. The van der Waals surface area contributed by atoms with Crippen molar-refractivity contribution in [3.63, 3.8) is 0 Å². The third-order valence-corrected chi connectivity index (χ3v) is 3.13. The third-order valence-electron chi connectivity index (χ3n) is 3.13. The largest absolute Gasteiger partial charge is 0.380 e. The van der Waals surface area contributed by atoms with Crippen molar-refractivity contribution in [3.8, 4) is 0 Å². The molecule has 4 nitrogen and oxygen atoms in total. The molecule has 1 aliphatic heterocycles. The molecule has 0 bridgehead atoms. The Kier molecular flexibility index (Phi) is 6.22. The van der Waals surface area contributed by atoms with Gasteiger partial charge in [-0.3, -0.25) is 4.79 Å². The van der Waals surface area contributed by atoms with Crippen LogP contribution in [-0.2, 0) is 9.53 Å². The van der Waals surface area contributed by atoms with Gasteiger partial charge in [0.25, 0.3) is 0 Å². The van der Waals surface area contributed by atoms with E-state index in [2.05, 4.69) is 13.0 Å². The molecule has 0 saturated carbocycles. The first-order valence-electron chi connectivity index (χ1n) is 6.40. The first-order valence-corrected chi connectivity index (χ1v) is 6.40. The molecule has 0 aromatic rings. The van der Waals surface area contributed by atoms with Crippen LogP contribution in [0.4, 0.5) is 0 Å². The van der Waals surface area contributed by atoms with Gasteiger partial charge >= 0.3 is 0 Å². The zero-order valence-corrected chi connectivity index (χ0v) is 10.9. The van der Waals surface area contributed by atoms with E-state index < -0.39 is 0 Å². The van der Waals surface area contributed by atoms with Crippen molar-refractivity contribution in [3.05, 3.63) is 11.6 Å². The molecule has 0 aromatic heterocycles. The van der Waals surface area contributed by atoms with E-state index in [1.807, 2.05) is 4.90 Å². The molecular formula is C13H24N2O2. The molecule has 1 aliphatic rings. The molecule has 1 amide bonds. The van der Waals surface area contributed by atoms with Crippen molar-refractivity contribution in [2.24, 2.45) is 5.73 Å². The van der Waals surface area contributed by atoms with Gasteiger partial charge in [0.1, 0.15) is 0 Å². The maximum absolute atomic E-state index is 12.0. The Hall–Kier alpha value is -0.870. The fourth-order valence-electron chi connectivity index (χ4n) is 2.01. The molecule has 17 heavy (non-hydrogen) atoms. The Morgan fingerprint density at radius 3 is 2.94 bits per heavy atom. The smallest absolute Gasteiger partial charge is 0.239 e. The van der Waals surface area contributed by atoms with Gasteiger partial charge in [-0.25, -0.2) is 0 Å². The fraction of sp³-hybridized carbons (Fsp3) is 0.769. The van der Waals surface area contributed by atoms with Gasteiger partial charge in [-0.2, -0.15) is 0 Å². The number of carbonyl (C=O) groups excluding carboxylic acids is 1. The van der Waals surface area contributed by atoms with Gasteiger partial charge in [0, 0.05) is 20.2 Å². The van der Waals surface area contributed by atoms with Gasteiger partial charge < -0.3 is 15.4 Å². The van der Waals surface area contributed by atoms with Crippen molar-refractivity contribution in [2.45, 2.75) is 38.6 Å². The second-order valence-corrected chi connectivity index (χ2v) is 4.58. The number of hydrogen-bond acceptors (Lipinski definition) is 3. The number of hydrogen-bond donors (Lipinski definition) is 1. The second kappa shape index (κ2) is 7.45. The monoisotopic (exact) mass is 240 g/mol. The summed E-state index contributed by atoms with van der Waals surface area (Å²) >= 11 is 0. The number of nitrogens with zero attached hydrogens (tertiary/aromatic N) is 1. The lowest BCUT2D eigenvalue weighted by molar-refractivity contribution is -0.132. The SMILES string of the molecule is CCCCC(N)C(=O)N1CC=C(COC)CC1. The van der Waals surface area contributed by atoms with Gasteiger partial charge in [0.05, 0.1) is 12.6 Å². The van der Waals surface area contributed by atoms with Crippen molar-refractivity contribution >= 4 is 5.91 Å². The van der Waals surface area contributed by atoms with E-state index in [1.54, 1.807) is 7.11 Å². The summed E-state index contributed by atoms with van der Waals surface area (Å²) in [4.78, 5) is 13.9. The summed E-state index contributed by atoms with van der Waals surface area (Å²) in [6.45, 7) is 4.23. The highest BCUT2D eigenvalue weighted by atomic mass is 16.5. The Balaban J connectivity index is 2.39. The molecule has 1 heterocycles. The molecule has 0 aromatic carbocycles. The number of methoxy groups -OCH3 is 1. The first kappa shape index (κ1) is 14.2. The first-order chi connectivity index (χ1) is 8.19. The molecule has 0 saturated heterocycles. The summed E-state index contributed by atoms with van der Waals surface area (Å²) in [5, 5.41) is 0. The highest BCUT2D eigenvalue weighted by Crippen LogP contribution is 2.12. The van der Waals surface area contributed by atoms with Crippen LogP contribution in [-0.4, -0.2) is 43.7 Å². The van der Waals surface area contributed by atoms with E-state index in [4.69, 9.17) is 10.5 Å². The summed E-state index contributed by atoms with van der Waals surface area (Å²) in [5.41, 5.74) is 7.17. The molecule has 0 radical (unpaired) electrons. The van der Waals surface area contributed by atoms with E-state index >= 15 is 0 Å². The summed E-state index contributed by atoms with van der Waals surface area (Å²) in [6.07, 6.45) is 5.88. The number of nitrogens with two attached hydrogens (primary N) is 1. The maximum atomic E-state index is 12.0. The van der Waals surface area contributed by atoms with Crippen LogP contribution in [0.2, 0.25) is 0 Å². The van der Waals surface area contributed by atoms with Crippen molar-refractivity contribution in [1.29, 1.82) is 0 Å². The predicted octanol–water partition coefficient (Wildman–Crippen LogP) is 1.31. The van der Waals surface area contributed by atoms with Crippen LogP contribution < -0.4 is 5.73 Å². The lowest BCUT2D eigenvalue weighted by Crippen LogP contribution is -2.45. The molecule has 0 fully saturated rings. The number of amides is 1. The third kappa shape index (κ3) is 4.48. The van der Waals surface area contributed by atoms with Crippen molar-refractivity contribution in [2.75, 3.05) is 26.8 Å². The highest BCUT2D eigenvalue weighted by Gasteiger charge is 2.22. The van der Waals surface area contributed by atoms with Crippen molar-refractivity contribution < 1.29 is 9.53 Å². The predicted molar refractivity (Wildman–Crippen MR) is 68.7 cm³/mol. The minimum Gasteiger partial charge on any atom is -0.380 e. The van der Waals surface area contributed by atoms with Gasteiger partial charge in [0.2, 0.25) is 5.91 Å². The Labute approximate surface area is 104 Å². The molecule has 98 valence electrons. The topological polar surface area (TPSA) is 55.6 Å². The van der Waals surface area contributed by atoms with Gasteiger partial charge in [0.15, 0.2) is 0 Å². The van der Waals surface area contributed by atoms with Crippen LogP contribution >= 0.6 is 0 Å². The number of ether oxygens (including phenoxy) is 1. The minimum atomic E-state index is -0.327. The molecule has 2 N–H and O–H groups in total. The van der Waals surface area contributed by atoms with Crippen LogP contribution in [0.1, 0.15) is 32.6 Å². The molecular weight excluding hydrogens is 216 g/mol. The summed E-state index contributed by atoms with van der Waals surface area (Å²) in [6, 6.07) is -0.327. The van der Waals surface area contributed by atoms with Crippen LogP contribution in [0.15, 0.2) is 11.6 Å². The minimum absolute atomic E-state index is 0.0890. The summed E-state index contributed by atoms with van der Waals surface area (Å²) in [5.74, 6) is 0.0890. The van der Waals surface area contributed by atoms with Gasteiger partial charge in [-0.15, -0.1) is 0 Å².